The normalized spacial score (nSPS) is 12.3. The van der Waals surface area contributed by atoms with Gasteiger partial charge in [0.2, 0.25) is 0 Å². The lowest BCUT2D eigenvalue weighted by molar-refractivity contribution is -0.0507. The molecule has 0 spiro atoms. The van der Waals surface area contributed by atoms with Crippen LogP contribution in [0.4, 0.5) is 8.78 Å². The molecule has 0 saturated heterocycles. The first-order valence-electron chi connectivity index (χ1n) is 6.76. The summed E-state index contributed by atoms with van der Waals surface area (Å²) in [5, 5.41) is 3.34. The Balaban J connectivity index is 2.90. The van der Waals surface area contributed by atoms with Crippen molar-refractivity contribution in [2.75, 3.05) is 6.54 Å². The molecule has 20 heavy (non-hydrogen) atoms. The first-order valence-corrected chi connectivity index (χ1v) is 6.76. The summed E-state index contributed by atoms with van der Waals surface area (Å²) in [6, 6.07) is 4.16. The van der Waals surface area contributed by atoms with Gasteiger partial charge in [0.15, 0.2) is 0 Å². The predicted octanol–water partition coefficient (Wildman–Crippen LogP) is 4.31. The minimum atomic E-state index is -2.79. The van der Waals surface area contributed by atoms with Crippen molar-refractivity contribution in [3.05, 3.63) is 34.4 Å². The van der Waals surface area contributed by atoms with E-state index >= 15 is 0 Å². The van der Waals surface area contributed by atoms with Crippen LogP contribution in [0.15, 0.2) is 17.7 Å². The third kappa shape index (κ3) is 5.29. The lowest BCUT2D eigenvalue weighted by atomic mass is 10.0. The Morgan fingerprint density at radius 1 is 1.25 bits per heavy atom. The maximum atomic E-state index is 12.3. The van der Waals surface area contributed by atoms with Crippen LogP contribution >= 0.6 is 0 Å². The number of ether oxygens (including phenoxy) is 1. The zero-order valence-electron chi connectivity index (χ0n) is 12.8. The lowest BCUT2D eigenvalue weighted by Crippen LogP contribution is -2.24. The van der Waals surface area contributed by atoms with Crippen LogP contribution in [0.3, 0.4) is 0 Å². The number of halogens is 2. The van der Waals surface area contributed by atoms with E-state index in [0.29, 0.717) is 6.04 Å². The molecule has 0 saturated carbocycles. The van der Waals surface area contributed by atoms with Gasteiger partial charge < -0.3 is 10.1 Å². The summed E-state index contributed by atoms with van der Waals surface area (Å²) in [6.07, 6.45) is 2.06. The summed E-state index contributed by atoms with van der Waals surface area (Å²) in [5.74, 6) is 0.273. The number of hydrogen-bond acceptors (Lipinski definition) is 2. The van der Waals surface area contributed by atoms with E-state index in [1.807, 2.05) is 19.1 Å². The van der Waals surface area contributed by atoms with Gasteiger partial charge >= 0.3 is 6.61 Å². The van der Waals surface area contributed by atoms with E-state index in [4.69, 9.17) is 0 Å². The number of hydrogen-bond donors (Lipinski definition) is 1. The van der Waals surface area contributed by atoms with Crippen LogP contribution in [0.5, 0.6) is 5.75 Å². The van der Waals surface area contributed by atoms with Crippen molar-refractivity contribution >= 4 is 6.08 Å². The molecule has 0 unspecified atom stereocenters. The van der Waals surface area contributed by atoms with Gasteiger partial charge in [0, 0.05) is 12.6 Å². The molecule has 1 rings (SSSR count). The van der Waals surface area contributed by atoms with E-state index < -0.39 is 6.61 Å². The second kappa shape index (κ2) is 7.39. The molecule has 4 heteroatoms. The summed E-state index contributed by atoms with van der Waals surface area (Å²) in [5.41, 5.74) is 3.65. The third-order valence-corrected chi connectivity index (χ3v) is 2.89. The molecule has 0 bridgehead atoms. The molecule has 0 radical (unpaired) electrons. The molecule has 0 heterocycles. The highest BCUT2D eigenvalue weighted by Gasteiger charge is 2.11. The van der Waals surface area contributed by atoms with Crippen molar-refractivity contribution in [1.82, 2.24) is 5.32 Å². The SMILES string of the molecule is CC(=Cc1cc(C)c(OC(F)F)c(C)c1)CNC(C)C. The second-order valence-electron chi connectivity index (χ2n) is 5.39. The van der Waals surface area contributed by atoms with Crippen molar-refractivity contribution in [3.8, 4) is 5.75 Å². The number of rotatable bonds is 6. The van der Waals surface area contributed by atoms with Gasteiger partial charge in [-0.25, -0.2) is 0 Å². The van der Waals surface area contributed by atoms with Gasteiger partial charge in [-0.15, -0.1) is 0 Å². The number of nitrogens with one attached hydrogen (secondary N) is 1. The highest BCUT2D eigenvalue weighted by molar-refractivity contribution is 5.58. The average Bonchev–Trinajstić information content (AvgIpc) is 2.31. The molecule has 0 fully saturated rings. The first-order chi connectivity index (χ1) is 9.29. The molecule has 112 valence electrons. The van der Waals surface area contributed by atoms with Crippen molar-refractivity contribution in [1.29, 1.82) is 0 Å². The maximum Gasteiger partial charge on any atom is 0.387 e. The summed E-state index contributed by atoms with van der Waals surface area (Å²) < 4.78 is 29.2. The molecular weight excluding hydrogens is 260 g/mol. The Labute approximate surface area is 119 Å². The fourth-order valence-corrected chi connectivity index (χ4v) is 2.04. The van der Waals surface area contributed by atoms with Crippen molar-refractivity contribution in [2.24, 2.45) is 0 Å². The Bertz CT molecular complexity index is 458. The number of benzene rings is 1. The van der Waals surface area contributed by atoms with Crippen LogP contribution in [-0.4, -0.2) is 19.2 Å². The van der Waals surface area contributed by atoms with Crippen LogP contribution in [-0.2, 0) is 0 Å². The molecule has 0 aliphatic heterocycles. The highest BCUT2D eigenvalue weighted by Crippen LogP contribution is 2.27. The van der Waals surface area contributed by atoms with E-state index in [2.05, 4.69) is 30.0 Å². The standard InChI is InChI=1S/C16H23F2NO/c1-10(2)19-9-11(3)6-14-7-12(4)15(13(5)8-14)20-16(17)18/h6-8,10,16,19H,9H2,1-5H3. The number of aryl methyl sites for hydroxylation is 2. The van der Waals surface area contributed by atoms with E-state index in [9.17, 15) is 8.78 Å². The minimum Gasteiger partial charge on any atom is -0.434 e. The van der Waals surface area contributed by atoms with Gasteiger partial charge in [0.25, 0.3) is 0 Å². The molecule has 0 aliphatic carbocycles. The Hall–Kier alpha value is -1.42. The number of alkyl halides is 2. The van der Waals surface area contributed by atoms with Crippen molar-refractivity contribution in [3.63, 3.8) is 0 Å². The molecule has 0 aliphatic rings. The van der Waals surface area contributed by atoms with E-state index in [1.165, 1.54) is 5.57 Å². The Kier molecular flexibility index (Phi) is 6.14. The summed E-state index contributed by atoms with van der Waals surface area (Å²) in [7, 11) is 0. The fourth-order valence-electron chi connectivity index (χ4n) is 2.04. The quantitative estimate of drug-likeness (QED) is 0.840. The van der Waals surface area contributed by atoms with Gasteiger partial charge in [0.1, 0.15) is 5.75 Å². The highest BCUT2D eigenvalue weighted by atomic mass is 19.3. The first kappa shape index (κ1) is 16.6. The Morgan fingerprint density at radius 3 is 2.25 bits per heavy atom. The molecular formula is C16H23F2NO. The maximum absolute atomic E-state index is 12.3. The fraction of sp³-hybridized carbons (Fsp3) is 0.500. The van der Waals surface area contributed by atoms with Crippen LogP contribution in [0.25, 0.3) is 6.08 Å². The van der Waals surface area contributed by atoms with Crippen LogP contribution in [0, 0.1) is 13.8 Å². The molecule has 1 aromatic carbocycles. The van der Waals surface area contributed by atoms with Gasteiger partial charge in [0.05, 0.1) is 0 Å². The van der Waals surface area contributed by atoms with E-state index in [0.717, 1.165) is 23.2 Å². The minimum absolute atomic E-state index is 0.273. The topological polar surface area (TPSA) is 21.3 Å². The monoisotopic (exact) mass is 283 g/mol. The molecule has 2 nitrogen and oxygen atoms in total. The van der Waals surface area contributed by atoms with Crippen molar-refractivity contribution in [2.45, 2.75) is 47.3 Å². The molecule has 0 amide bonds. The van der Waals surface area contributed by atoms with Gasteiger partial charge in [-0.05, 0) is 49.6 Å². The lowest BCUT2D eigenvalue weighted by Gasteiger charge is -2.13. The summed E-state index contributed by atoms with van der Waals surface area (Å²) in [6.45, 7) is 7.82. The van der Waals surface area contributed by atoms with Crippen molar-refractivity contribution < 1.29 is 13.5 Å². The van der Waals surface area contributed by atoms with E-state index in [1.54, 1.807) is 13.8 Å². The summed E-state index contributed by atoms with van der Waals surface area (Å²) in [4.78, 5) is 0. The zero-order chi connectivity index (χ0) is 15.3. The smallest absolute Gasteiger partial charge is 0.387 e. The van der Waals surface area contributed by atoms with Gasteiger partial charge in [-0.3, -0.25) is 0 Å². The van der Waals surface area contributed by atoms with Gasteiger partial charge in [-0.1, -0.05) is 25.5 Å². The predicted molar refractivity (Wildman–Crippen MR) is 79.3 cm³/mol. The molecule has 0 atom stereocenters. The second-order valence-corrected chi connectivity index (χ2v) is 5.39. The third-order valence-electron chi connectivity index (χ3n) is 2.89. The largest absolute Gasteiger partial charge is 0.434 e. The zero-order valence-corrected chi connectivity index (χ0v) is 12.8. The Morgan fingerprint density at radius 2 is 1.80 bits per heavy atom. The summed E-state index contributed by atoms with van der Waals surface area (Å²) >= 11 is 0. The van der Waals surface area contributed by atoms with Crippen LogP contribution < -0.4 is 10.1 Å². The molecule has 1 N–H and O–H groups in total. The van der Waals surface area contributed by atoms with Crippen LogP contribution in [0.1, 0.15) is 37.5 Å². The molecule has 1 aromatic rings. The van der Waals surface area contributed by atoms with E-state index in [-0.39, 0.29) is 5.75 Å². The molecule has 0 aromatic heterocycles. The van der Waals surface area contributed by atoms with Gasteiger partial charge in [-0.2, -0.15) is 8.78 Å². The average molecular weight is 283 g/mol. The van der Waals surface area contributed by atoms with Crippen LogP contribution in [0.2, 0.25) is 0 Å².